The van der Waals surface area contributed by atoms with E-state index < -0.39 is 20.0 Å². The van der Waals surface area contributed by atoms with Gasteiger partial charge in [0, 0.05) is 17.8 Å². The first-order chi connectivity index (χ1) is 11.6. The molecule has 11 heteroatoms. The first-order valence-corrected chi connectivity index (χ1v) is 10.4. The lowest BCUT2D eigenvalue weighted by atomic mass is 10.3. The van der Waals surface area contributed by atoms with Gasteiger partial charge in [0.05, 0.1) is 17.0 Å². The van der Waals surface area contributed by atoms with Crippen LogP contribution in [-0.2, 0) is 24.9 Å². The largest absolute Gasteiger partial charge is 0.288 e. The summed E-state index contributed by atoms with van der Waals surface area (Å²) in [6.07, 6.45) is 0. The molecule has 0 aliphatic heterocycles. The average Bonchev–Trinajstić information content (AvgIpc) is 2.56. The van der Waals surface area contributed by atoms with Crippen molar-refractivity contribution in [2.75, 3.05) is 18.9 Å². The lowest BCUT2D eigenvalue weighted by molar-refractivity contribution is -0.0258. The van der Waals surface area contributed by atoms with Crippen molar-refractivity contribution in [2.45, 2.75) is 9.79 Å². The van der Waals surface area contributed by atoms with Gasteiger partial charge in [-0.15, -0.1) is 0 Å². The second-order valence-corrected chi connectivity index (χ2v) is 9.23. The number of hydrogen-bond donors (Lipinski definition) is 1. The highest BCUT2D eigenvalue weighted by atomic mass is 35.5. The fourth-order valence-electron chi connectivity index (χ4n) is 1.83. The summed E-state index contributed by atoms with van der Waals surface area (Å²) in [7, 11) is -5.35. The van der Waals surface area contributed by atoms with E-state index in [9.17, 15) is 16.8 Å². The van der Waals surface area contributed by atoms with E-state index in [4.69, 9.17) is 23.2 Å². The summed E-state index contributed by atoms with van der Waals surface area (Å²) in [6.45, 7) is 0. The molecule has 0 atom stereocenters. The van der Waals surface area contributed by atoms with E-state index in [0.717, 1.165) is 0 Å². The Kier molecular flexibility index (Phi) is 5.97. The van der Waals surface area contributed by atoms with Gasteiger partial charge >= 0.3 is 0 Å². The summed E-state index contributed by atoms with van der Waals surface area (Å²) in [4.78, 5) is 4.43. The van der Waals surface area contributed by atoms with Crippen LogP contribution in [-0.4, -0.2) is 35.5 Å². The van der Waals surface area contributed by atoms with Crippen molar-refractivity contribution in [2.24, 2.45) is 0 Å². The highest BCUT2D eigenvalue weighted by molar-refractivity contribution is 7.92. The van der Waals surface area contributed by atoms with Crippen LogP contribution in [0.25, 0.3) is 0 Å². The van der Waals surface area contributed by atoms with Crippen molar-refractivity contribution in [3.05, 3.63) is 52.5 Å². The second-order valence-electron chi connectivity index (χ2n) is 4.80. The van der Waals surface area contributed by atoms with E-state index in [2.05, 4.69) is 9.56 Å². The van der Waals surface area contributed by atoms with Crippen LogP contribution < -0.4 is 4.72 Å². The normalized spacial score (nSPS) is 12.4. The fraction of sp³-hybridized carbons (Fsp3) is 0.143. The molecule has 136 valence electrons. The molecule has 7 nitrogen and oxygen atoms in total. The topological polar surface area (TPSA) is 92.8 Å². The van der Waals surface area contributed by atoms with Gasteiger partial charge in [-0.1, -0.05) is 27.7 Å². The zero-order chi connectivity index (χ0) is 18.8. The van der Waals surface area contributed by atoms with Crippen molar-refractivity contribution in [1.29, 1.82) is 0 Å². The predicted octanol–water partition coefficient (Wildman–Crippen LogP) is 2.98. The number of halogens is 2. The minimum atomic E-state index is -3.99. The predicted molar refractivity (Wildman–Crippen MR) is 95.7 cm³/mol. The molecular weight excluding hydrogens is 411 g/mol. The molecule has 1 N–H and O–H groups in total. The van der Waals surface area contributed by atoms with Gasteiger partial charge in [-0.2, -0.15) is 0 Å². The number of rotatable bonds is 6. The molecule has 0 bridgehead atoms. The molecule has 0 heterocycles. The van der Waals surface area contributed by atoms with E-state index in [-0.39, 0.29) is 25.5 Å². The number of nitrogens with one attached hydrogen (secondary N) is 1. The molecule has 0 aliphatic rings. The molecule has 2 rings (SSSR count). The van der Waals surface area contributed by atoms with Crippen molar-refractivity contribution >= 4 is 48.9 Å². The third-order valence-corrected chi connectivity index (χ3v) is 6.97. The van der Waals surface area contributed by atoms with E-state index in [1.807, 2.05) is 0 Å². The molecule has 0 aliphatic carbocycles. The number of nitrogens with zero attached hydrogens (tertiary/aromatic N) is 1. The Morgan fingerprint density at radius 3 is 2.16 bits per heavy atom. The molecule has 2 aromatic rings. The quantitative estimate of drug-likeness (QED) is 0.719. The highest BCUT2D eigenvalue weighted by Crippen LogP contribution is 2.27. The molecule has 0 radical (unpaired) electrons. The van der Waals surface area contributed by atoms with Crippen LogP contribution in [0.1, 0.15) is 0 Å². The summed E-state index contributed by atoms with van der Waals surface area (Å²) in [5.41, 5.74) is 0.162. The van der Waals surface area contributed by atoms with Crippen LogP contribution in [0.2, 0.25) is 10.0 Å². The maximum absolute atomic E-state index is 12.4. The molecule has 2 aromatic carbocycles. The Hall–Kier alpha value is -1.36. The highest BCUT2D eigenvalue weighted by Gasteiger charge is 2.22. The monoisotopic (exact) mass is 424 g/mol. The standard InChI is InChI=1S/C14H14Cl2N2O5S2/c1-18(23-2)25(21,22)12-6-4-11(5-7-12)17-24(19,20)14-9-10(15)3-8-13(14)16/h3-9,17H,1-2H3. The van der Waals surface area contributed by atoms with Gasteiger partial charge in [0.1, 0.15) is 4.90 Å². The smallest absolute Gasteiger partial charge is 0.264 e. The lowest BCUT2D eigenvalue weighted by Gasteiger charge is -2.14. The molecule has 0 unspecified atom stereocenters. The lowest BCUT2D eigenvalue weighted by Crippen LogP contribution is -2.25. The van der Waals surface area contributed by atoms with Crippen LogP contribution in [0.5, 0.6) is 0 Å². The first-order valence-electron chi connectivity index (χ1n) is 6.69. The third-order valence-electron chi connectivity index (χ3n) is 3.18. The Morgan fingerprint density at radius 2 is 1.60 bits per heavy atom. The molecule has 0 aromatic heterocycles. The summed E-state index contributed by atoms with van der Waals surface area (Å²) in [5, 5.41) is 0.228. The summed E-state index contributed by atoms with van der Waals surface area (Å²) >= 11 is 11.7. The minimum Gasteiger partial charge on any atom is -0.288 e. The molecule has 25 heavy (non-hydrogen) atoms. The minimum absolute atomic E-state index is 0.0119. The molecule has 0 saturated heterocycles. The van der Waals surface area contributed by atoms with Gasteiger partial charge in [-0.25, -0.2) is 16.8 Å². The first kappa shape index (κ1) is 20.0. The number of anilines is 1. The van der Waals surface area contributed by atoms with Crippen molar-refractivity contribution in [3.8, 4) is 0 Å². The summed E-state index contributed by atoms with van der Waals surface area (Å²) in [5.74, 6) is 0. The van der Waals surface area contributed by atoms with Crippen LogP contribution >= 0.6 is 23.2 Å². The Balaban J connectivity index is 2.31. The van der Waals surface area contributed by atoms with Gasteiger partial charge in [0.25, 0.3) is 20.0 Å². The molecular formula is C14H14Cl2N2O5S2. The third kappa shape index (κ3) is 4.43. The number of hydrogen-bond acceptors (Lipinski definition) is 5. The van der Waals surface area contributed by atoms with Crippen molar-refractivity contribution in [3.63, 3.8) is 0 Å². The second kappa shape index (κ2) is 7.48. The number of sulfonamides is 2. The SMILES string of the molecule is CON(C)S(=O)(=O)c1ccc(NS(=O)(=O)c2cc(Cl)ccc2Cl)cc1. The van der Waals surface area contributed by atoms with Crippen molar-refractivity contribution in [1.82, 2.24) is 4.47 Å². The number of hydroxylamine groups is 1. The molecule has 0 spiro atoms. The average molecular weight is 425 g/mol. The molecule has 0 fully saturated rings. The van der Waals surface area contributed by atoms with E-state index in [0.29, 0.717) is 4.47 Å². The summed E-state index contributed by atoms with van der Waals surface area (Å²) in [6, 6.07) is 9.19. The number of benzene rings is 2. The van der Waals surface area contributed by atoms with Crippen LogP contribution in [0.15, 0.2) is 52.3 Å². The zero-order valence-electron chi connectivity index (χ0n) is 13.1. The van der Waals surface area contributed by atoms with Crippen LogP contribution in [0.3, 0.4) is 0 Å². The van der Waals surface area contributed by atoms with Gasteiger partial charge in [-0.05, 0) is 42.5 Å². The zero-order valence-corrected chi connectivity index (χ0v) is 16.2. The van der Waals surface area contributed by atoms with Gasteiger partial charge in [0.2, 0.25) is 0 Å². The van der Waals surface area contributed by atoms with E-state index in [1.54, 1.807) is 0 Å². The Morgan fingerprint density at radius 1 is 1.00 bits per heavy atom. The van der Waals surface area contributed by atoms with E-state index >= 15 is 0 Å². The summed E-state index contributed by atoms with van der Waals surface area (Å²) < 4.78 is 52.0. The van der Waals surface area contributed by atoms with Gasteiger partial charge in [0.15, 0.2) is 0 Å². The molecule has 0 amide bonds. The van der Waals surface area contributed by atoms with Crippen LogP contribution in [0, 0.1) is 0 Å². The van der Waals surface area contributed by atoms with Gasteiger partial charge in [-0.3, -0.25) is 9.56 Å². The maximum Gasteiger partial charge on any atom is 0.264 e. The van der Waals surface area contributed by atoms with Crippen molar-refractivity contribution < 1.29 is 21.7 Å². The fourth-order valence-corrected chi connectivity index (χ4v) is 4.63. The van der Waals surface area contributed by atoms with Gasteiger partial charge < -0.3 is 0 Å². The Bertz CT molecular complexity index is 977. The maximum atomic E-state index is 12.4. The van der Waals surface area contributed by atoms with E-state index in [1.165, 1.54) is 56.6 Å². The molecule has 0 saturated carbocycles. The Labute approximate surface area is 156 Å². The van der Waals surface area contributed by atoms with Crippen LogP contribution in [0.4, 0.5) is 5.69 Å².